The summed E-state index contributed by atoms with van der Waals surface area (Å²) in [6.45, 7) is 5.91. The summed E-state index contributed by atoms with van der Waals surface area (Å²) in [4.78, 5) is 4.12. The predicted molar refractivity (Wildman–Crippen MR) is 80.7 cm³/mol. The first-order valence-corrected chi connectivity index (χ1v) is 7.80. The molecule has 0 spiro atoms. The molecule has 1 N–H and O–H groups in total. The van der Waals surface area contributed by atoms with Crippen molar-refractivity contribution in [3.8, 4) is 0 Å². The molecule has 20 heavy (non-hydrogen) atoms. The van der Waals surface area contributed by atoms with Gasteiger partial charge in [-0.1, -0.05) is 12.2 Å². The van der Waals surface area contributed by atoms with E-state index in [1.165, 1.54) is 38.9 Å². The van der Waals surface area contributed by atoms with Crippen LogP contribution in [0.15, 0.2) is 36.4 Å². The summed E-state index contributed by atoms with van der Waals surface area (Å²) in [5, 5.41) is 0. The first-order valence-electron chi connectivity index (χ1n) is 7.80. The monoisotopic (exact) mass is 275 g/mol. The zero-order valence-electron chi connectivity index (χ0n) is 12.0. The van der Waals surface area contributed by atoms with Crippen LogP contribution in [0.1, 0.15) is 19.3 Å². The molecule has 2 nitrogen and oxygen atoms in total. The average Bonchev–Trinajstić information content (AvgIpc) is 2.50. The summed E-state index contributed by atoms with van der Waals surface area (Å²) in [7, 11) is 0. The van der Waals surface area contributed by atoms with E-state index in [4.69, 9.17) is 0 Å². The van der Waals surface area contributed by atoms with Crippen molar-refractivity contribution in [2.75, 3.05) is 37.6 Å². The van der Waals surface area contributed by atoms with Gasteiger partial charge in [0.1, 0.15) is 5.82 Å². The van der Waals surface area contributed by atoms with Gasteiger partial charge in [0.2, 0.25) is 0 Å². The minimum atomic E-state index is -0.150. The van der Waals surface area contributed by atoms with Gasteiger partial charge >= 0.3 is 0 Å². The van der Waals surface area contributed by atoms with E-state index < -0.39 is 0 Å². The van der Waals surface area contributed by atoms with Gasteiger partial charge in [0.25, 0.3) is 0 Å². The topological polar surface area (TPSA) is 7.68 Å². The number of nitrogens with zero attached hydrogens (tertiary/aromatic N) is 1. The number of halogens is 1. The lowest BCUT2D eigenvalue weighted by atomic mass is 9.94. The lowest BCUT2D eigenvalue weighted by molar-refractivity contribution is -0.904. The molecule has 1 fully saturated rings. The van der Waals surface area contributed by atoms with Gasteiger partial charge in [-0.25, -0.2) is 4.39 Å². The zero-order valence-corrected chi connectivity index (χ0v) is 12.0. The first kappa shape index (κ1) is 13.6. The van der Waals surface area contributed by atoms with Gasteiger partial charge in [0, 0.05) is 11.6 Å². The van der Waals surface area contributed by atoms with E-state index in [9.17, 15) is 4.39 Å². The highest BCUT2D eigenvalue weighted by Crippen LogP contribution is 2.17. The lowest BCUT2D eigenvalue weighted by Crippen LogP contribution is -3.15. The van der Waals surface area contributed by atoms with Gasteiger partial charge in [-0.15, -0.1) is 0 Å². The summed E-state index contributed by atoms with van der Waals surface area (Å²) in [6.07, 6.45) is 8.56. The summed E-state index contributed by atoms with van der Waals surface area (Å²) in [6, 6.07) is 6.91. The fourth-order valence-electron chi connectivity index (χ4n) is 3.39. The number of benzene rings is 1. The summed E-state index contributed by atoms with van der Waals surface area (Å²) >= 11 is 0. The Hall–Kier alpha value is -1.35. The van der Waals surface area contributed by atoms with E-state index in [0.29, 0.717) is 0 Å². The minimum Gasteiger partial charge on any atom is -0.360 e. The number of hydrogen-bond donors (Lipinski definition) is 1. The second-order valence-electron chi connectivity index (χ2n) is 6.07. The molecule has 108 valence electrons. The minimum absolute atomic E-state index is 0.150. The van der Waals surface area contributed by atoms with Crippen molar-refractivity contribution < 1.29 is 9.29 Å². The van der Waals surface area contributed by atoms with E-state index in [2.05, 4.69) is 17.1 Å². The van der Waals surface area contributed by atoms with Crippen LogP contribution >= 0.6 is 0 Å². The summed E-state index contributed by atoms with van der Waals surface area (Å²) < 4.78 is 12.9. The average molecular weight is 275 g/mol. The Morgan fingerprint density at radius 2 is 1.85 bits per heavy atom. The van der Waals surface area contributed by atoms with Crippen LogP contribution in [0.4, 0.5) is 10.1 Å². The third-order valence-corrected chi connectivity index (χ3v) is 4.62. The first-order chi connectivity index (χ1) is 9.81. The molecule has 0 bridgehead atoms. The molecule has 2 aliphatic rings. The van der Waals surface area contributed by atoms with Crippen LogP contribution in [0, 0.1) is 11.7 Å². The number of hydrogen-bond acceptors (Lipinski definition) is 1. The van der Waals surface area contributed by atoms with E-state index in [0.717, 1.165) is 24.7 Å². The number of nitrogens with one attached hydrogen (secondary N) is 1. The quantitative estimate of drug-likeness (QED) is 0.828. The second kappa shape index (κ2) is 6.40. The predicted octanol–water partition coefficient (Wildman–Crippen LogP) is 1.89. The maximum Gasteiger partial charge on any atom is 0.123 e. The standard InChI is InChI=1S/C17H23FN2/c18-16-6-8-17(9-7-16)20-12-10-19(11-13-20)14-15-4-2-1-3-5-15/h1-2,6-9,15H,3-5,10-14H2/p+1/t15-/m1/s1. The molecule has 1 aromatic rings. The molecule has 1 heterocycles. The summed E-state index contributed by atoms with van der Waals surface area (Å²) in [5.74, 6) is 0.732. The third kappa shape index (κ3) is 3.40. The molecule has 1 aliphatic carbocycles. The van der Waals surface area contributed by atoms with Crippen molar-refractivity contribution in [2.45, 2.75) is 19.3 Å². The van der Waals surface area contributed by atoms with Crippen LogP contribution in [-0.2, 0) is 0 Å². The molecule has 0 unspecified atom stereocenters. The van der Waals surface area contributed by atoms with Gasteiger partial charge < -0.3 is 9.80 Å². The Bertz CT molecular complexity index is 447. The Morgan fingerprint density at radius 3 is 2.50 bits per heavy atom. The van der Waals surface area contributed by atoms with Gasteiger partial charge in [0.05, 0.1) is 32.7 Å². The number of piperazine rings is 1. The zero-order chi connectivity index (χ0) is 13.8. The van der Waals surface area contributed by atoms with Crippen LogP contribution in [0.25, 0.3) is 0 Å². The highest BCUT2D eigenvalue weighted by molar-refractivity contribution is 5.46. The number of anilines is 1. The van der Waals surface area contributed by atoms with Gasteiger partial charge in [-0.3, -0.25) is 0 Å². The maximum absolute atomic E-state index is 12.9. The Labute approximate surface area is 120 Å². The second-order valence-corrected chi connectivity index (χ2v) is 6.07. The van der Waals surface area contributed by atoms with Crippen molar-refractivity contribution in [3.63, 3.8) is 0 Å². The molecule has 0 radical (unpaired) electrons. The van der Waals surface area contributed by atoms with Crippen LogP contribution in [-0.4, -0.2) is 32.7 Å². The van der Waals surface area contributed by atoms with Crippen LogP contribution in [0.5, 0.6) is 0 Å². The molecular weight excluding hydrogens is 251 g/mol. The van der Waals surface area contributed by atoms with Crippen molar-refractivity contribution in [1.29, 1.82) is 0 Å². The highest BCUT2D eigenvalue weighted by Gasteiger charge is 2.23. The molecule has 0 amide bonds. The molecule has 3 heteroatoms. The molecular formula is C17H24FN2+. The molecule has 1 atom stereocenters. The number of rotatable bonds is 3. The highest BCUT2D eigenvalue weighted by atomic mass is 19.1. The molecule has 1 aromatic carbocycles. The van der Waals surface area contributed by atoms with Crippen molar-refractivity contribution in [2.24, 2.45) is 5.92 Å². The van der Waals surface area contributed by atoms with Crippen molar-refractivity contribution in [3.05, 3.63) is 42.2 Å². The maximum atomic E-state index is 12.9. The molecule has 0 saturated carbocycles. The lowest BCUT2D eigenvalue weighted by Gasteiger charge is -2.35. The van der Waals surface area contributed by atoms with Crippen LogP contribution in [0.3, 0.4) is 0 Å². The van der Waals surface area contributed by atoms with Gasteiger partial charge in [0.15, 0.2) is 0 Å². The molecule has 1 aliphatic heterocycles. The largest absolute Gasteiger partial charge is 0.360 e. The van der Waals surface area contributed by atoms with E-state index >= 15 is 0 Å². The Kier molecular flexibility index (Phi) is 4.36. The third-order valence-electron chi connectivity index (χ3n) is 4.62. The Morgan fingerprint density at radius 1 is 1.10 bits per heavy atom. The Balaban J connectivity index is 1.49. The van der Waals surface area contributed by atoms with Gasteiger partial charge in [-0.2, -0.15) is 0 Å². The smallest absolute Gasteiger partial charge is 0.123 e. The fraction of sp³-hybridized carbons (Fsp3) is 0.529. The van der Waals surface area contributed by atoms with Crippen LogP contribution < -0.4 is 9.80 Å². The van der Waals surface area contributed by atoms with Crippen molar-refractivity contribution in [1.82, 2.24) is 0 Å². The van der Waals surface area contributed by atoms with Crippen LogP contribution in [0.2, 0.25) is 0 Å². The number of quaternary nitrogens is 1. The van der Waals surface area contributed by atoms with Gasteiger partial charge in [-0.05, 0) is 43.5 Å². The van der Waals surface area contributed by atoms with E-state index in [1.807, 2.05) is 12.1 Å². The number of allylic oxidation sites excluding steroid dienone is 2. The summed E-state index contributed by atoms with van der Waals surface area (Å²) in [5.41, 5.74) is 1.16. The molecule has 1 saturated heterocycles. The van der Waals surface area contributed by atoms with E-state index in [1.54, 1.807) is 17.0 Å². The molecule has 0 aromatic heterocycles. The van der Waals surface area contributed by atoms with Crippen molar-refractivity contribution >= 4 is 5.69 Å². The SMILES string of the molecule is Fc1ccc(N2CC[NH+](C[C@@H]3CC=CCC3)CC2)cc1. The van der Waals surface area contributed by atoms with E-state index in [-0.39, 0.29) is 5.82 Å². The molecule has 3 rings (SSSR count). The fourth-order valence-corrected chi connectivity index (χ4v) is 3.39. The normalized spacial score (nSPS) is 24.1.